The molecule has 0 radical (unpaired) electrons. The van der Waals surface area contributed by atoms with Gasteiger partial charge in [0.15, 0.2) is 6.29 Å². The normalized spacial score (nSPS) is 28.4. The maximum Gasteiger partial charge on any atom is 0.264 e. The summed E-state index contributed by atoms with van der Waals surface area (Å²) in [6.07, 6.45) is -2.33. The number of hydrogen-bond acceptors (Lipinski definition) is 8. The fourth-order valence-electron chi connectivity index (χ4n) is 4.32. The number of thioether (sulfide) groups is 1. The first-order valence-corrected chi connectivity index (χ1v) is 14.4. The molecule has 3 aromatic rings. The summed E-state index contributed by atoms with van der Waals surface area (Å²) in [6, 6.07) is 28.9. The number of hydrogen-bond donors (Lipinski definition) is 0. The predicted octanol–water partition coefficient (Wildman–Crippen LogP) is 4.55. The third kappa shape index (κ3) is 6.36. The molecule has 2 heterocycles. The van der Waals surface area contributed by atoms with Gasteiger partial charge in [-0.3, -0.25) is 4.18 Å². The molecule has 2 saturated heterocycles. The molecular weight excluding hydrogens is 500 g/mol. The van der Waals surface area contributed by atoms with Crippen LogP contribution in [0.3, 0.4) is 0 Å². The molecular formula is C27H28O7S2. The SMILES string of the molecule is CS(=O)(=O)O[C@H]1[C@@H](OCc2ccccc2)[C@@H]2OC(c3ccccc3)OC[C@H]2O[C@@H]1Sc1ccccc1. The third-order valence-corrected chi connectivity index (χ3v) is 7.65. The van der Waals surface area contributed by atoms with Crippen LogP contribution in [0.2, 0.25) is 0 Å². The Balaban J connectivity index is 1.46. The summed E-state index contributed by atoms with van der Waals surface area (Å²) in [5, 5.41) is 0. The van der Waals surface area contributed by atoms with E-state index in [1.807, 2.05) is 91.0 Å². The summed E-state index contributed by atoms with van der Waals surface area (Å²) in [4.78, 5) is 0.921. The van der Waals surface area contributed by atoms with Gasteiger partial charge in [-0.1, -0.05) is 90.6 Å². The number of benzene rings is 3. The Kier molecular flexibility index (Phi) is 8.07. The van der Waals surface area contributed by atoms with Gasteiger partial charge in [0.1, 0.15) is 29.9 Å². The van der Waals surface area contributed by atoms with E-state index in [1.54, 1.807) is 0 Å². The summed E-state index contributed by atoms with van der Waals surface area (Å²) in [7, 11) is -3.83. The van der Waals surface area contributed by atoms with Crippen molar-refractivity contribution in [2.45, 2.75) is 47.6 Å². The molecule has 0 amide bonds. The van der Waals surface area contributed by atoms with Gasteiger partial charge in [0.2, 0.25) is 0 Å². The van der Waals surface area contributed by atoms with Crippen LogP contribution in [0.1, 0.15) is 17.4 Å². The number of ether oxygens (including phenoxy) is 4. The van der Waals surface area contributed by atoms with Gasteiger partial charge in [0.05, 0.1) is 19.5 Å². The predicted molar refractivity (Wildman–Crippen MR) is 136 cm³/mol. The zero-order chi connectivity index (χ0) is 25.0. The van der Waals surface area contributed by atoms with Gasteiger partial charge in [-0.25, -0.2) is 0 Å². The van der Waals surface area contributed by atoms with Crippen molar-refractivity contribution >= 4 is 21.9 Å². The molecule has 5 rings (SSSR count). The van der Waals surface area contributed by atoms with Gasteiger partial charge < -0.3 is 18.9 Å². The molecule has 0 N–H and O–H groups in total. The monoisotopic (exact) mass is 528 g/mol. The topological polar surface area (TPSA) is 80.3 Å². The molecule has 2 fully saturated rings. The first-order valence-electron chi connectivity index (χ1n) is 11.7. The highest BCUT2D eigenvalue weighted by Crippen LogP contribution is 2.41. The van der Waals surface area contributed by atoms with E-state index in [0.29, 0.717) is 0 Å². The van der Waals surface area contributed by atoms with Crippen LogP contribution >= 0.6 is 11.8 Å². The molecule has 0 saturated carbocycles. The van der Waals surface area contributed by atoms with E-state index in [-0.39, 0.29) is 13.2 Å². The average Bonchev–Trinajstić information content (AvgIpc) is 2.89. The lowest BCUT2D eigenvalue weighted by Crippen LogP contribution is -2.62. The number of fused-ring (bicyclic) bond motifs is 1. The van der Waals surface area contributed by atoms with Gasteiger partial charge in [0, 0.05) is 10.5 Å². The van der Waals surface area contributed by atoms with Crippen LogP contribution in [-0.4, -0.2) is 51.1 Å². The maximum absolute atomic E-state index is 12.4. The minimum Gasteiger partial charge on any atom is -0.368 e. The quantitative estimate of drug-likeness (QED) is 0.394. The average molecular weight is 529 g/mol. The molecule has 1 unspecified atom stereocenters. The Morgan fingerprint density at radius 2 is 1.50 bits per heavy atom. The van der Waals surface area contributed by atoms with Crippen LogP contribution in [-0.2, 0) is 39.9 Å². The smallest absolute Gasteiger partial charge is 0.264 e. The Labute approximate surface area is 215 Å². The van der Waals surface area contributed by atoms with Crippen molar-refractivity contribution in [3.63, 3.8) is 0 Å². The van der Waals surface area contributed by atoms with Crippen molar-refractivity contribution in [2.75, 3.05) is 12.9 Å². The van der Waals surface area contributed by atoms with Gasteiger partial charge in [-0.05, 0) is 17.7 Å². The fourth-order valence-corrected chi connectivity index (χ4v) is 6.13. The lowest BCUT2D eigenvalue weighted by Gasteiger charge is -2.48. The summed E-state index contributed by atoms with van der Waals surface area (Å²) in [6.45, 7) is 0.536. The summed E-state index contributed by atoms with van der Waals surface area (Å²) in [5.41, 5.74) is 1.15. The molecule has 0 bridgehead atoms. The van der Waals surface area contributed by atoms with E-state index < -0.39 is 46.3 Å². The molecule has 6 atom stereocenters. The Morgan fingerprint density at radius 1 is 0.861 bits per heavy atom. The van der Waals surface area contributed by atoms with E-state index in [4.69, 9.17) is 23.1 Å². The van der Waals surface area contributed by atoms with Crippen LogP contribution in [0.15, 0.2) is 95.9 Å². The molecule has 190 valence electrons. The largest absolute Gasteiger partial charge is 0.368 e. The molecule has 2 aliphatic heterocycles. The van der Waals surface area contributed by atoms with E-state index in [1.165, 1.54) is 11.8 Å². The fraction of sp³-hybridized carbons (Fsp3) is 0.333. The number of rotatable bonds is 8. The highest BCUT2D eigenvalue weighted by atomic mass is 32.2. The first kappa shape index (κ1) is 25.4. The zero-order valence-corrected chi connectivity index (χ0v) is 21.3. The summed E-state index contributed by atoms with van der Waals surface area (Å²) >= 11 is 1.39. The highest BCUT2D eigenvalue weighted by molar-refractivity contribution is 7.99. The van der Waals surface area contributed by atoms with E-state index in [9.17, 15) is 8.42 Å². The van der Waals surface area contributed by atoms with Crippen molar-refractivity contribution < 1.29 is 31.5 Å². The van der Waals surface area contributed by atoms with Crippen LogP contribution in [0.4, 0.5) is 0 Å². The Hall–Kier alpha value is -2.24. The summed E-state index contributed by atoms with van der Waals surface area (Å²) in [5.74, 6) is 0. The van der Waals surface area contributed by atoms with Crippen molar-refractivity contribution in [1.29, 1.82) is 0 Å². The van der Waals surface area contributed by atoms with Crippen LogP contribution in [0.5, 0.6) is 0 Å². The molecule has 0 aromatic heterocycles. The molecule has 36 heavy (non-hydrogen) atoms. The third-order valence-electron chi connectivity index (χ3n) is 5.92. The van der Waals surface area contributed by atoms with Gasteiger partial charge >= 0.3 is 0 Å². The molecule has 0 spiro atoms. The zero-order valence-electron chi connectivity index (χ0n) is 19.7. The van der Waals surface area contributed by atoms with Crippen molar-refractivity contribution in [3.05, 3.63) is 102 Å². The van der Waals surface area contributed by atoms with Crippen LogP contribution in [0, 0.1) is 0 Å². The van der Waals surface area contributed by atoms with Gasteiger partial charge in [0.25, 0.3) is 10.1 Å². The minimum absolute atomic E-state index is 0.265. The van der Waals surface area contributed by atoms with Crippen molar-refractivity contribution in [3.8, 4) is 0 Å². The lowest BCUT2D eigenvalue weighted by molar-refractivity contribution is -0.322. The molecule has 9 heteroatoms. The lowest BCUT2D eigenvalue weighted by atomic mass is 9.98. The van der Waals surface area contributed by atoms with Crippen molar-refractivity contribution in [1.82, 2.24) is 0 Å². The Bertz CT molecular complexity index is 1210. The summed E-state index contributed by atoms with van der Waals surface area (Å²) < 4.78 is 55.5. The second-order valence-electron chi connectivity index (χ2n) is 8.68. The minimum atomic E-state index is -3.83. The maximum atomic E-state index is 12.4. The van der Waals surface area contributed by atoms with E-state index in [2.05, 4.69) is 0 Å². The standard InChI is InChI=1S/C27H28O7S2/c1-36(28,29)34-25-24(30-17-19-11-5-2-6-12-19)23-22(32-27(25)35-21-15-9-4-10-16-21)18-31-26(33-23)20-13-7-3-8-14-20/h2-16,22-27H,17-18H2,1H3/t22-,23-,24+,25+,26?,27-/m1/s1. The van der Waals surface area contributed by atoms with E-state index >= 15 is 0 Å². The molecule has 7 nitrogen and oxygen atoms in total. The second-order valence-corrected chi connectivity index (χ2v) is 11.4. The highest BCUT2D eigenvalue weighted by Gasteiger charge is 2.52. The second kappa shape index (κ2) is 11.4. The van der Waals surface area contributed by atoms with Gasteiger partial charge in [-0.15, -0.1) is 0 Å². The van der Waals surface area contributed by atoms with Crippen LogP contribution in [0.25, 0.3) is 0 Å². The van der Waals surface area contributed by atoms with Gasteiger partial charge in [-0.2, -0.15) is 8.42 Å². The van der Waals surface area contributed by atoms with E-state index in [0.717, 1.165) is 22.3 Å². The molecule has 0 aliphatic carbocycles. The molecule has 3 aromatic carbocycles. The van der Waals surface area contributed by atoms with Crippen molar-refractivity contribution in [2.24, 2.45) is 0 Å². The first-order chi connectivity index (χ1) is 17.5. The van der Waals surface area contributed by atoms with Crippen LogP contribution < -0.4 is 0 Å². The Morgan fingerprint density at radius 3 is 2.17 bits per heavy atom. The molecule has 2 aliphatic rings.